The van der Waals surface area contributed by atoms with Gasteiger partial charge in [0.25, 0.3) is 5.56 Å². The standard InChI is InChI=1S/C17H18N6O2S/c1-2-14-21-22(9-15(24)19-5-3-12-8-18-10-20-12)16(25)13-7-11-4-6-26-17(11)23(13)14/h4,6-8,10H,2-3,5,9H2,1H3,(H,18,20)(H,19,24). The Labute approximate surface area is 152 Å². The quantitative estimate of drug-likeness (QED) is 0.535. The first-order valence-corrected chi connectivity index (χ1v) is 9.28. The lowest BCUT2D eigenvalue weighted by Gasteiger charge is -2.10. The minimum atomic E-state index is -0.255. The predicted octanol–water partition coefficient (Wildman–Crippen LogP) is 1.36. The van der Waals surface area contributed by atoms with Crippen LogP contribution in [-0.4, -0.2) is 36.6 Å². The molecule has 4 aromatic rings. The fraction of sp³-hybridized carbons (Fsp3) is 0.294. The molecule has 0 aliphatic carbocycles. The van der Waals surface area contributed by atoms with E-state index in [4.69, 9.17) is 0 Å². The largest absolute Gasteiger partial charge is 0.354 e. The summed E-state index contributed by atoms with van der Waals surface area (Å²) in [6.07, 6.45) is 4.64. The topological polar surface area (TPSA) is 97.1 Å². The number of aromatic nitrogens is 5. The third-order valence-corrected chi connectivity index (χ3v) is 5.15. The third kappa shape index (κ3) is 2.90. The molecule has 9 heteroatoms. The highest BCUT2D eigenvalue weighted by Crippen LogP contribution is 2.24. The molecule has 1 amide bonds. The van der Waals surface area contributed by atoms with Crippen molar-refractivity contribution in [1.82, 2.24) is 29.5 Å². The Hall–Kier alpha value is -2.94. The summed E-state index contributed by atoms with van der Waals surface area (Å²) in [5.74, 6) is 0.529. The molecule has 0 spiro atoms. The summed E-state index contributed by atoms with van der Waals surface area (Å²) < 4.78 is 3.15. The molecule has 0 aromatic carbocycles. The normalized spacial score (nSPS) is 11.4. The number of rotatable bonds is 6. The van der Waals surface area contributed by atoms with Crippen molar-refractivity contribution in [2.75, 3.05) is 6.54 Å². The summed E-state index contributed by atoms with van der Waals surface area (Å²) in [6, 6.07) is 3.85. The predicted molar refractivity (Wildman–Crippen MR) is 99.5 cm³/mol. The molecule has 0 radical (unpaired) electrons. The van der Waals surface area contributed by atoms with Crippen molar-refractivity contribution >= 4 is 33.0 Å². The zero-order valence-electron chi connectivity index (χ0n) is 14.2. The van der Waals surface area contributed by atoms with Crippen LogP contribution in [0.3, 0.4) is 0 Å². The number of nitrogens with zero attached hydrogens (tertiary/aromatic N) is 4. The third-order valence-electron chi connectivity index (χ3n) is 4.24. The molecule has 0 unspecified atom stereocenters. The molecular weight excluding hydrogens is 352 g/mol. The molecular formula is C17H18N6O2S. The van der Waals surface area contributed by atoms with Gasteiger partial charge < -0.3 is 10.3 Å². The van der Waals surface area contributed by atoms with E-state index in [0.717, 1.165) is 21.7 Å². The van der Waals surface area contributed by atoms with Crippen LogP contribution in [0, 0.1) is 0 Å². The van der Waals surface area contributed by atoms with Crippen LogP contribution >= 0.6 is 11.3 Å². The van der Waals surface area contributed by atoms with Crippen LogP contribution in [0.4, 0.5) is 0 Å². The number of fused-ring (bicyclic) bond motifs is 3. The number of imidazole rings is 1. The van der Waals surface area contributed by atoms with Crippen LogP contribution in [0.15, 0.2) is 34.8 Å². The van der Waals surface area contributed by atoms with E-state index in [1.165, 1.54) is 4.68 Å². The maximum atomic E-state index is 12.8. The van der Waals surface area contributed by atoms with Gasteiger partial charge in [0.1, 0.15) is 22.7 Å². The average molecular weight is 370 g/mol. The van der Waals surface area contributed by atoms with Crippen LogP contribution in [0.1, 0.15) is 18.4 Å². The Bertz CT molecular complexity index is 1120. The van der Waals surface area contributed by atoms with Crippen molar-refractivity contribution in [2.24, 2.45) is 0 Å². The Morgan fingerprint density at radius 1 is 1.42 bits per heavy atom. The Morgan fingerprint density at radius 3 is 3.08 bits per heavy atom. The van der Waals surface area contributed by atoms with Gasteiger partial charge in [-0.25, -0.2) is 9.67 Å². The molecule has 0 atom stereocenters. The second-order valence-corrected chi connectivity index (χ2v) is 6.85. The minimum absolute atomic E-state index is 0.0931. The summed E-state index contributed by atoms with van der Waals surface area (Å²) in [5.41, 5.74) is 1.25. The zero-order valence-corrected chi connectivity index (χ0v) is 15.0. The van der Waals surface area contributed by atoms with Crippen LogP contribution in [0.25, 0.3) is 15.7 Å². The molecule has 0 fully saturated rings. The molecule has 2 N–H and O–H groups in total. The maximum absolute atomic E-state index is 12.8. The lowest BCUT2D eigenvalue weighted by atomic mass is 10.3. The van der Waals surface area contributed by atoms with Crippen molar-refractivity contribution in [3.8, 4) is 0 Å². The number of hydrogen-bond donors (Lipinski definition) is 2. The summed E-state index contributed by atoms with van der Waals surface area (Å²) >= 11 is 1.58. The first-order chi connectivity index (χ1) is 12.7. The van der Waals surface area contributed by atoms with E-state index in [1.807, 2.05) is 28.8 Å². The van der Waals surface area contributed by atoms with E-state index in [2.05, 4.69) is 20.4 Å². The number of aromatic amines is 1. The van der Waals surface area contributed by atoms with E-state index in [9.17, 15) is 9.59 Å². The Kier molecular flexibility index (Phi) is 4.29. The molecule has 0 bridgehead atoms. The summed E-state index contributed by atoms with van der Waals surface area (Å²) in [5, 5.41) is 10.2. The van der Waals surface area contributed by atoms with Crippen molar-refractivity contribution in [3.63, 3.8) is 0 Å². The molecule has 26 heavy (non-hydrogen) atoms. The number of aryl methyl sites for hydroxylation is 1. The number of amides is 1. The van der Waals surface area contributed by atoms with E-state index >= 15 is 0 Å². The highest BCUT2D eigenvalue weighted by atomic mass is 32.1. The van der Waals surface area contributed by atoms with Gasteiger partial charge in [-0.3, -0.25) is 14.0 Å². The molecule has 4 rings (SSSR count). The SMILES string of the molecule is CCc1nn(CC(=O)NCCc2cnc[nH]2)c(=O)c2cc3ccsc3n12. The van der Waals surface area contributed by atoms with E-state index in [0.29, 0.717) is 24.9 Å². The first kappa shape index (κ1) is 16.5. The van der Waals surface area contributed by atoms with E-state index < -0.39 is 0 Å². The van der Waals surface area contributed by atoms with Crippen LogP contribution in [0.2, 0.25) is 0 Å². The number of carbonyl (C=O) groups is 1. The lowest BCUT2D eigenvalue weighted by Crippen LogP contribution is -2.36. The van der Waals surface area contributed by atoms with Gasteiger partial charge in [0, 0.05) is 36.7 Å². The Balaban J connectivity index is 1.57. The van der Waals surface area contributed by atoms with Gasteiger partial charge in [0.2, 0.25) is 5.91 Å². The molecule has 134 valence electrons. The number of H-pyrrole nitrogens is 1. The van der Waals surface area contributed by atoms with Crippen LogP contribution < -0.4 is 10.9 Å². The van der Waals surface area contributed by atoms with Crippen LogP contribution in [-0.2, 0) is 24.2 Å². The maximum Gasteiger partial charge on any atom is 0.291 e. The van der Waals surface area contributed by atoms with Crippen molar-refractivity contribution in [1.29, 1.82) is 0 Å². The van der Waals surface area contributed by atoms with Gasteiger partial charge in [0.05, 0.1) is 6.33 Å². The smallest absolute Gasteiger partial charge is 0.291 e. The number of carbonyl (C=O) groups excluding carboxylic acids is 1. The fourth-order valence-corrected chi connectivity index (χ4v) is 3.90. The van der Waals surface area contributed by atoms with Crippen molar-refractivity contribution in [3.05, 3.63) is 51.9 Å². The summed E-state index contributed by atoms with van der Waals surface area (Å²) in [6.45, 7) is 2.37. The van der Waals surface area contributed by atoms with E-state index in [1.54, 1.807) is 23.9 Å². The fourth-order valence-electron chi connectivity index (χ4n) is 2.99. The number of nitrogens with one attached hydrogen (secondary N) is 2. The second kappa shape index (κ2) is 6.75. The number of thiophene rings is 1. The number of hydrogen-bond acceptors (Lipinski definition) is 5. The van der Waals surface area contributed by atoms with Crippen LogP contribution in [0.5, 0.6) is 0 Å². The van der Waals surface area contributed by atoms with Crippen molar-refractivity contribution < 1.29 is 4.79 Å². The zero-order chi connectivity index (χ0) is 18.1. The van der Waals surface area contributed by atoms with Gasteiger partial charge in [-0.15, -0.1) is 11.3 Å². The molecule has 0 saturated carbocycles. The molecule has 4 aromatic heterocycles. The second-order valence-electron chi connectivity index (χ2n) is 5.96. The van der Waals surface area contributed by atoms with E-state index in [-0.39, 0.29) is 18.0 Å². The highest BCUT2D eigenvalue weighted by molar-refractivity contribution is 7.16. The van der Waals surface area contributed by atoms with Gasteiger partial charge >= 0.3 is 0 Å². The molecule has 4 heterocycles. The van der Waals surface area contributed by atoms with Gasteiger partial charge in [-0.05, 0) is 17.5 Å². The van der Waals surface area contributed by atoms with Gasteiger partial charge in [0.15, 0.2) is 0 Å². The molecule has 0 aliphatic heterocycles. The van der Waals surface area contributed by atoms with Crippen molar-refractivity contribution in [2.45, 2.75) is 26.3 Å². The molecule has 8 nitrogen and oxygen atoms in total. The molecule has 0 aliphatic rings. The monoisotopic (exact) mass is 370 g/mol. The minimum Gasteiger partial charge on any atom is -0.354 e. The Morgan fingerprint density at radius 2 is 2.31 bits per heavy atom. The molecule has 0 saturated heterocycles. The highest BCUT2D eigenvalue weighted by Gasteiger charge is 2.15. The first-order valence-electron chi connectivity index (χ1n) is 8.40. The van der Waals surface area contributed by atoms with Gasteiger partial charge in [-0.1, -0.05) is 6.92 Å². The summed E-state index contributed by atoms with van der Waals surface area (Å²) in [4.78, 5) is 32.9. The summed E-state index contributed by atoms with van der Waals surface area (Å²) in [7, 11) is 0. The lowest BCUT2D eigenvalue weighted by molar-refractivity contribution is -0.121. The average Bonchev–Trinajstić information content (AvgIpc) is 3.34. The van der Waals surface area contributed by atoms with Gasteiger partial charge in [-0.2, -0.15) is 5.10 Å².